The summed E-state index contributed by atoms with van der Waals surface area (Å²) in [5.41, 5.74) is 7.71. The molecule has 4 N–H and O–H groups in total. The molecule has 3 heterocycles. The van der Waals surface area contributed by atoms with Gasteiger partial charge in [-0.2, -0.15) is 0 Å². The number of amides is 2. The highest BCUT2D eigenvalue weighted by Crippen LogP contribution is 2.27. The van der Waals surface area contributed by atoms with Gasteiger partial charge >= 0.3 is 6.03 Å². The summed E-state index contributed by atoms with van der Waals surface area (Å²) in [5, 5.41) is 6.22. The predicted octanol–water partition coefficient (Wildman–Crippen LogP) is 1.58. The molecule has 1 aromatic carbocycles. The van der Waals surface area contributed by atoms with E-state index in [9.17, 15) is 9.18 Å². The second kappa shape index (κ2) is 7.67. The van der Waals surface area contributed by atoms with E-state index < -0.39 is 12.0 Å². The van der Waals surface area contributed by atoms with Crippen molar-refractivity contribution in [3.05, 3.63) is 53.1 Å². The number of carbonyl (C=O) groups is 1. The molecule has 0 saturated carbocycles. The van der Waals surface area contributed by atoms with E-state index in [0.717, 1.165) is 25.3 Å². The Labute approximate surface area is 168 Å². The molecular weight excluding hydrogens is 373 g/mol. The number of nitrogens with two attached hydrogens (primary N) is 1. The molecule has 0 radical (unpaired) electrons. The number of aliphatic imine (C=N–C) groups is 2. The van der Waals surface area contributed by atoms with E-state index in [1.807, 2.05) is 12.2 Å². The normalized spacial score (nSPS) is 24.3. The summed E-state index contributed by atoms with van der Waals surface area (Å²) in [6.07, 6.45) is 6.35. The summed E-state index contributed by atoms with van der Waals surface area (Å²) in [7, 11) is 1.58. The summed E-state index contributed by atoms with van der Waals surface area (Å²) in [6.45, 7) is 4.77. The number of hydrogen-bond donors (Lipinski definition) is 3. The molecule has 0 aromatic heterocycles. The number of allylic oxidation sites excluding steroid dienone is 1. The van der Waals surface area contributed by atoms with Crippen LogP contribution in [0.25, 0.3) is 0 Å². The van der Waals surface area contributed by atoms with Gasteiger partial charge in [0.05, 0.1) is 11.4 Å². The molecule has 2 amide bonds. The Morgan fingerprint density at radius 3 is 2.97 bits per heavy atom. The Balaban J connectivity index is 1.61. The van der Waals surface area contributed by atoms with E-state index in [4.69, 9.17) is 5.73 Å². The quantitative estimate of drug-likeness (QED) is 0.533. The molecule has 8 nitrogen and oxygen atoms in total. The molecule has 29 heavy (non-hydrogen) atoms. The lowest BCUT2D eigenvalue weighted by Gasteiger charge is -2.37. The van der Waals surface area contributed by atoms with Gasteiger partial charge in [0.2, 0.25) is 0 Å². The van der Waals surface area contributed by atoms with Crippen LogP contribution >= 0.6 is 0 Å². The van der Waals surface area contributed by atoms with Crippen molar-refractivity contribution in [2.24, 2.45) is 9.98 Å². The van der Waals surface area contributed by atoms with Crippen molar-refractivity contribution < 1.29 is 9.18 Å². The molecule has 3 aliphatic heterocycles. The first-order valence-electron chi connectivity index (χ1n) is 9.53. The number of benzene rings is 1. The fourth-order valence-electron chi connectivity index (χ4n) is 3.68. The van der Waals surface area contributed by atoms with Crippen molar-refractivity contribution in [2.75, 3.05) is 32.4 Å². The van der Waals surface area contributed by atoms with Gasteiger partial charge in [0.1, 0.15) is 11.7 Å². The number of nitrogens with one attached hydrogen (secondary N) is 2. The maximum absolute atomic E-state index is 14.2. The van der Waals surface area contributed by atoms with Crippen LogP contribution in [-0.2, 0) is 0 Å². The van der Waals surface area contributed by atoms with Crippen LogP contribution in [0.3, 0.4) is 0 Å². The number of nitrogen functional groups attached to an aromatic ring is 1. The lowest BCUT2D eigenvalue weighted by atomic mass is 10.1. The largest absolute Gasteiger partial charge is 0.396 e. The lowest BCUT2D eigenvalue weighted by molar-refractivity contribution is 0.220. The number of anilines is 1. The Morgan fingerprint density at radius 1 is 1.38 bits per heavy atom. The fourth-order valence-corrected chi connectivity index (χ4v) is 3.68. The topological polar surface area (TPSA) is 98.3 Å². The molecule has 152 valence electrons. The molecule has 1 aromatic rings. The van der Waals surface area contributed by atoms with E-state index in [0.29, 0.717) is 23.0 Å². The number of fused-ring (bicyclic) bond motifs is 1. The van der Waals surface area contributed by atoms with Gasteiger partial charge < -0.3 is 21.3 Å². The summed E-state index contributed by atoms with van der Waals surface area (Å²) >= 11 is 0. The molecule has 0 aliphatic carbocycles. The monoisotopic (exact) mass is 397 g/mol. The highest BCUT2D eigenvalue weighted by atomic mass is 19.1. The predicted molar refractivity (Wildman–Crippen MR) is 111 cm³/mol. The third-order valence-electron chi connectivity index (χ3n) is 5.15. The number of carbonyl (C=O) groups excluding carboxylic acids is 1. The zero-order valence-electron chi connectivity index (χ0n) is 16.4. The van der Waals surface area contributed by atoms with Crippen molar-refractivity contribution in [2.45, 2.75) is 19.1 Å². The number of halogens is 1. The summed E-state index contributed by atoms with van der Waals surface area (Å²) in [5.74, 6) is -0.0582. The Hall–Kier alpha value is -3.20. The van der Waals surface area contributed by atoms with Gasteiger partial charge in [0, 0.05) is 56.3 Å². The molecule has 2 unspecified atom stereocenters. The standard InChI is InChI=1S/C20H24FN7O/c1-12-10-27(6-5-24-12)15-3-4-17-25-19(26-20(29)28(17)11-15)13-7-14(9-23-2)18(22)16(21)8-13/h3-4,7-9,11-12,19,24H,5-6,10,22H2,1-2H3,(H,26,29). The van der Waals surface area contributed by atoms with Crippen molar-refractivity contribution >= 4 is 23.8 Å². The van der Waals surface area contributed by atoms with Crippen LogP contribution in [0.2, 0.25) is 0 Å². The van der Waals surface area contributed by atoms with Crippen LogP contribution < -0.4 is 16.4 Å². The first kappa shape index (κ1) is 19.1. The van der Waals surface area contributed by atoms with Gasteiger partial charge in [-0.1, -0.05) is 0 Å². The SMILES string of the molecule is CN=Cc1cc(C2N=C3C=CC(N4CCNC(C)C4)=CN3C(=O)N2)cc(F)c1N. The number of nitrogens with zero attached hydrogens (tertiary/aromatic N) is 4. The van der Waals surface area contributed by atoms with Gasteiger partial charge in [-0.15, -0.1) is 0 Å². The van der Waals surface area contributed by atoms with Crippen LogP contribution in [0, 0.1) is 5.82 Å². The van der Waals surface area contributed by atoms with Gasteiger partial charge in [0.15, 0.2) is 6.17 Å². The second-order valence-corrected chi connectivity index (χ2v) is 7.29. The molecule has 9 heteroatoms. The minimum atomic E-state index is -0.702. The Kier molecular flexibility index (Phi) is 5.06. The van der Waals surface area contributed by atoms with E-state index in [1.165, 1.54) is 17.2 Å². The van der Waals surface area contributed by atoms with Crippen LogP contribution in [0.4, 0.5) is 14.9 Å². The number of rotatable bonds is 3. The van der Waals surface area contributed by atoms with Crippen molar-refractivity contribution in [1.82, 2.24) is 20.4 Å². The van der Waals surface area contributed by atoms with Gasteiger partial charge in [-0.05, 0) is 31.2 Å². The zero-order valence-corrected chi connectivity index (χ0v) is 16.4. The smallest absolute Gasteiger partial charge is 0.329 e. The van der Waals surface area contributed by atoms with Crippen molar-refractivity contribution in [3.63, 3.8) is 0 Å². The number of amidine groups is 1. The van der Waals surface area contributed by atoms with E-state index in [-0.39, 0.29) is 11.7 Å². The van der Waals surface area contributed by atoms with Crippen molar-refractivity contribution in [3.8, 4) is 0 Å². The van der Waals surface area contributed by atoms with Gasteiger partial charge in [0.25, 0.3) is 0 Å². The van der Waals surface area contributed by atoms with E-state index >= 15 is 0 Å². The molecule has 0 spiro atoms. The number of hydrogen-bond acceptors (Lipinski definition) is 6. The maximum atomic E-state index is 14.2. The first-order chi connectivity index (χ1) is 14.0. The molecule has 1 fully saturated rings. The zero-order chi connectivity index (χ0) is 20.5. The van der Waals surface area contributed by atoms with Crippen LogP contribution in [0.1, 0.15) is 24.2 Å². The number of piperazine rings is 1. The minimum Gasteiger partial charge on any atom is -0.396 e. The van der Waals surface area contributed by atoms with Crippen molar-refractivity contribution in [1.29, 1.82) is 0 Å². The van der Waals surface area contributed by atoms with E-state index in [1.54, 1.807) is 19.3 Å². The first-order valence-corrected chi connectivity index (χ1v) is 9.53. The van der Waals surface area contributed by atoms with Crippen LogP contribution in [-0.4, -0.2) is 60.6 Å². The lowest BCUT2D eigenvalue weighted by Crippen LogP contribution is -2.51. The third kappa shape index (κ3) is 3.73. The highest BCUT2D eigenvalue weighted by Gasteiger charge is 2.30. The Bertz CT molecular complexity index is 952. The Morgan fingerprint density at radius 2 is 2.21 bits per heavy atom. The van der Waals surface area contributed by atoms with E-state index in [2.05, 4.69) is 32.4 Å². The summed E-state index contributed by atoms with van der Waals surface area (Å²) in [4.78, 5) is 25.0. The molecular formula is C20H24FN7O. The molecule has 4 rings (SSSR count). The van der Waals surface area contributed by atoms with Gasteiger partial charge in [-0.3, -0.25) is 9.89 Å². The van der Waals surface area contributed by atoms with Gasteiger partial charge in [-0.25, -0.2) is 14.2 Å². The van der Waals surface area contributed by atoms with Crippen LogP contribution in [0.5, 0.6) is 0 Å². The fraction of sp³-hybridized carbons (Fsp3) is 0.350. The van der Waals surface area contributed by atoms with Crippen LogP contribution in [0.15, 0.2) is 46.2 Å². The molecule has 2 atom stereocenters. The highest BCUT2D eigenvalue weighted by molar-refractivity contribution is 6.07. The summed E-state index contributed by atoms with van der Waals surface area (Å²) < 4.78 is 14.2. The molecule has 0 bridgehead atoms. The minimum absolute atomic E-state index is 0.0196. The maximum Gasteiger partial charge on any atom is 0.329 e. The average molecular weight is 397 g/mol. The second-order valence-electron chi connectivity index (χ2n) is 7.29. The molecule has 3 aliphatic rings. The molecule has 1 saturated heterocycles. The third-order valence-corrected chi connectivity index (χ3v) is 5.15. The summed E-state index contributed by atoms with van der Waals surface area (Å²) in [6, 6.07) is 3.05. The number of urea groups is 1. The average Bonchev–Trinajstić information content (AvgIpc) is 2.71.